The molecule has 0 atom stereocenters. The highest BCUT2D eigenvalue weighted by Gasteiger charge is 2.20. The Labute approximate surface area is 158 Å². The standard InChI is InChI=1S/C21H22ClN3O/c1-14-23-19-13-15(24-21(26)17-9-5-6-10-18(17)22)11-12-20(19)25(14)16-7-3-2-4-8-16/h5-6,9-13,16H,2-4,7-8H2,1H3,(H,24,26). The second-order valence-corrected chi connectivity index (χ2v) is 7.37. The smallest absolute Gasteiger partial charge is 0.257 e. The molecule has 0 bridgehead atoms. The van der Waals surface area contributed by atoms with Crippen LogP contribution >= 0.6 is 11.6 Å². The van der Waals surface area contributed by atoms with Crippen molar-refractivity contribution in [3.63, 3.8) is 0 Å². The first kappa shape index (κ1) is 17.1. The number of carbonyl (C=O) groups is 1. The molecule has 0 saturated heterocycles. The molecule has 1 N–H and O–H groups in total. The van der Waals surface area contributed by atoms with Crippen LogP contribution in [-0.2, 0) is 0 Å². The van der Waals surface area contributed by atoms with Crippen LogP contribution in [0.15, 0.2) is 42.5 Å². The van der Waals surface area contributed by atoms with Crippen molar-refractivity contribution in [1.82, 2.24) is 9.55 Å². The molecule has 5 heteroatoms. The highest BCUT2D eigenvalue weighted by Crippen LogP contribution is 2.33. The number of imidazole rings is 1. The van der Waals surface area contributed by atoms with E-state index >= 15 is 0 Å². The van der Waals surface area contributed by atoms with Crippen LogP contribution in [0.25, 0.3) is 11.0 Å². The average molecular weight is 368 g/mol. The fourth-order valence-corrected chi connectivity index (χ4v) is 4.16. The summed E-state index contributed by atoms with van der Waals surface area (Å²) >= 11 is 6.11. The highest BCUT2D eigenvalue weighted by molar-refractivity contribution is 6.34. The Morgan fingerprint density at radius 3 is 2.69 bits per heavy atom. The lowest BCUT2D eigenvalue weighted by atomic mass is 9.95. The quantitative estimate of drug-likeness (QED) is 0.640. The summed E-state index contributed by atoms with van der Waals surface area (Å²) in [4.78, 5) is 17.2. The monoisotopic (exact) mass is 367 g/mol. The number of benzene rings is 2. The van der Waals surface area contributed by atoms with Crippen molar-refractivity contribution in [3.8, 4) is 0 Å². The summed E-state index contributed by atoms with van der Waals surface area (Å²) in [6, 6.07) is 13.5. The van der Waals surface area contributed by atoms with Crippen LogP contribution < -0.4 is 5.32 Å². The van der Waals surface area contributed by atoms with Gasteiger partial charge in [0.25, 0.3) is 5.91 Å². The maximum absolute atomic E-state index is 12.5. The van der Waals surface area contributed by atoms with E-state index in [0.29, 0.717) is 16.6 Å². The van der Waals surface area contributed by atoms with Gasteiger partial charge in [0.2, 0.25) is 0 Å². The van der Waals surface area contributed by atoms with Crippen molar-refractivity contribution in [2.75, 3.05) is 5.32 Å². The Hall–Kier alpha value is -2.33. The van der Waals surface area contributed by atoms with Gasteiger partial charge in [-0.05, 0) is 50.1 Å². The highest BCUT2D eigenvalue weighted by atomic mass is 35.5. The fraction of sp³-hybridized carbons (Fsp3) is 0.333. The minimum absolute atomic E-state index is 0.210. The number of nitrogens with zero attached hydrogens (tertiary/aromatic N) is 2. The molecule has 4 nitrogen and oxygen atoms in total. The third-order valence-electron chi connectivity index (χ3n) is 5.18. The van der Waals surface area contributed by atoms with E-state index in [1.165, 1.54) is 32.1 Å². The molecule has 0 unspecified atom stereocenters. The third-order valence-corrected chi connectivity index (χ3v) is 5.51. The molecular formula is C21H22ClN3O. The number of amides is 1. The first-order valence-electron chi connectivity index (χ1n) is 9.18. The number of hydrogen-bond donors (Lipinski definition) is 1. The predicted octanol–water partition coefficient (Wildman–Crippen LogP) is 5.76. The molecule has 1 amide bonds. The van der Waals surface area contributed by atoms with Gasteiger partial charge >= 0.3 is 0 Å². The minimum Gasteiger partial charge on any atom is -0.325 e. The van der Waals surface area contributed by atoms with Gasteiger partial charge in [0.05, 0.1) is 21.6 Å². The van der Waals surface area contributed by atoms with E-state index in [1.54, 1.807) is 18.2 Å². The van der Waals surface area contributed by atoms with Crippen LogP contribution in [0.4, 0.5) is 5.69 Å². The van der Waals surface area contributed by atoms with E-state index in [1.807, 2.05) is 18.2 Å². The Kier molecular flexibility index (Phi) is 4.68. The lowest BCUT2D eigenvalue weighted by molar-refractivity contribution is 0.102. The Morgan fingerprint density at radius 2 is 1.92 bits per heavy atom. The molecule has 1 aliphatic carbocycles. The number of anilines is 1. The molecule has 3 aromatic rings. The van der Waals surface area contributed by atoms with Gasteiger partial charge in [-0.25, -0.2) is 4.98 Å². The molecule has 2 aromatic carbocycles. The topological polar surface area (TPSA) is 46.9 Å². The summed E-state index contributed by atoms with van der Waals surface area (Å²) in [6.07, 6.45) is 6.35. The summed E-state index contributed by atoms with van der Waals surface area (Å²) in [5.74, 6) is 0.833. The molecule has 4 rings (SSSR count). The van der Waals surface area contributed by atoms with E-state index < -0.39 is 0 Å². The minimum atomic E-state index is -0.210. The fourth-order valence-electron chi connectivity index (χ4n) is 3.94. The summed E-state index contributed by atoms with van der Waals surface area (Å²) in [7, 11) is 0. The number of rotatable bonds is 3. The maximum Gasteiger partial charge on any atom is 0.257 e. The third kappa shape index (κ3) is 3.21. The van der Waals surface area contributed by atoms with Gasteiger partial charge in [-0.1, -0.05) is 43.0 Å². The summed E-state index contributed by atoms with van der Waals surface area (Å²) in [5, 5.41) is 3.37. The number of halogens is 1. The lowest BCUT2D eigenvalue weighted by Gasteiger charge is -2.25. The summed E-state index contributed by atoms with van der Waals surface area (Å²) in [6.45, 7) is 2.07. The zero-order valence-corrected chi connectivity index (χ0v) is 15.6. The second-order valence-electron chi connectivity index (χ2n) is 6.96. The Bertz CT molecular complexity index is 957. The lowest BCUT2D eigenvalue weighted by Crippen LogP contribution is -2.14. The van der Waals surface area contributed by atoms with Crippen molar-refractivity contribution in [3.05, 3.63) is 58.9 Å². The number of aromatic nitrogens is 2. The number of fused-ring (bicyclic) bond motifs is 1. The molecular weight excluding hydrogens is 346 g/mol. The molecule has 0 spiro atoms. The first-order chi connectivity index (χ1) is 12.6. The first-order valence-corrected chi connectivity index (χ1v) is 9.56. The second kappa shape index (κ2) is 7.12. The normalized spacial score (nSPS) is 15.3. The molecule has 0 aliphatic heterocycles. The summed E-state index contributed by atoms with van der Waals surface area (Å²) < 4.78 is 2.37. The predicted molar refractivity (Wildman–Crippen MR) is 106 cm³/mol. The molecule has 0 radical (unpaired) electrons. The Balaban J connectivity index is 1.62. The molecule has 26 heavy (non-hydrogen) atoms. The van der Waals surface area contributed by atoms with E-state index in [9.17, 15) is 4.79 Å². The van der Waals surface area contributed by atoms with Crippen LogP contribution in [0.2, 0.25) is 5.02 Å². The van der Waals surface area contributed by atoms with Crippen LogP contribution in [0.3, 0.4) is 0 Å². The van der Waals surface area contributed by atoms with Crippen LogP contribution in [-0.4, -0.2) is 15.5 Å². The van der Waals surface area contributed by atoms with E-state index in [2.05, 4.69) is 22.9 Å². The van der Waals surface area contributed by atoms with Gasteiger partial charge in [0.15, 0.2) is 0 Å². The van der Waals surface area contributed by atoms with Crippen LogP contribution in [0.5, 0.6) is 0 Å². The number of nitrogens with one attached hydrogen (secondary N) is 1. The molecule has 1 heterocycles. The van der Waals surface area contributed by atoms with Crippen LogP contribution in [0, 0.1) is 6.92 Å². The maximum atomic E-state index is 12.5. The number of hydrogen-bond acceptors (Lipinski definition) is 2. The van der Waals surface area contributed by atoms with Gasteiger partial charge in [-0.3, -0.25) is 4.79 Å². The van der Waals surface area contributed by atoms with E-state index in [4.69, 9.17) is 16.6 Å². The molecule has 1 aliphatic rings. The largest absolute Gasteiger partial charge is 0.325 e. The molecule has 1 aromatic heterocycles. The van der Waals surface area contributed by atoms with E-state index in [-0.39, 0.29) is 5.91 Å². The van der Waals surface area contributed by atoms with Crippen LogP contribution in [0.1, 0.15) is 54.3 Å². The molecule has 1 fully saturated rings. The van der Waals surface area contributed by atoms with Gasteiger partial charge in [-0.15, -0.1) is 0 Å². The Morgan fingerprint density at radius 1 is 1.15 bits per heavy atom. The summed E-state index contributed by atoms with van der Waals surface area (Å²) in [5.41, 5.74) is 3.27. The van der Waals surface area contributed by atoms with Crippen molar-refractivity contribution < 1.29 is 4.79 Å². The zero-order valence-electron chi connectivity index (χ0n) is 14.8. The van der Waals surface area contributed by atoms with Crippen molar-refractivity contribution >= 4 is 34.2 Å². The van der Waals surface area contributed by atoms with Crippen molar-refractivity contribution in [2.24, 2.45) is 0 Å². The van der Waals surface area contributed by atoms with Crippen molar-refractivity contribution in [1.29, 1.82) is 0 Å². The SMILES string of the molecule is Cc1nc2cc(NC(=O)c3ccccc3Cl)ccc2n1C1CCCCC1. The van der Waals surface area contributed by atoms with E-state index in [0.717, 1.165) is 22.5 Å². The van der Waals surface area contributed by atoms with Crippen molar-refractivity contribution in [2.45, 2.75) is 45.1 Å². The zero-order chi connectivity index (χ0) is 18.1. The van der Waals surface area contributed by atoms with Gasteiger partial charge in [0, 0.05) is 11.7 Å². The van der Waals surface area contributed by atoms with Gasteiger partial charge in [-0.2, -0.15) is 0 Å². The van der Waals surface area contributed by atoms with Gasteiger partial charge < -0.3 is 9.88 Å². The van der Waals surface area contributed by atoms with Gasteiger partial charge in [0.1, 0.15) is 5.82 Å². The molecule has 134 valence electrons. The molecule has 1 saturated carbocycles. The number of aryl methyl sites for hydroxylation is 1. The average Bonchev–Trinajstić information content (AvgIpc) is 2.97. The number of carbonyl (C=O) groups excluding carboxylic acids is 1.